The molecule has 0 atom stereocenters. The molecule has 5 rings (SSSR count). The van der Waals surface area contributed by atoms with Gasteiger partial charge in [0, 0.05) is 36.0 Å². The maximum Gasteiger partial charge on any atom is 0.275 e. The fourth-order valence-electron chi connectivity index (χ4n) is 3.90. The third-order valence-corrected chi connectivity index (χ3v) is 7.36. The SMILES string of the molecule is Cc1ccc(S(=O)(=O)n2ccc3c(-c4ccccc4Oc4ccc(F)nc4)cn(C)c(=O)c32)cc1. The Morgan fingerprint density at radius 3 is 2.40 bits per heavy atom. The topological polar surface area (TPSA) is 83.2 Å². The molecule has 0 spiro atoms. The number of fused-ring (bicyclic) bond motifs is 1. The minimum absolute atomic E-state index is 0.0313. The largest absolute Gasteiger partial charge is 0.455 e. The molecule has 35 heavy (non-hydrogen) atoms. The van der Waals surface area contributed by atoms with E-state index in [2.05, 4.69) is 4.98 Å². The summed E-state index contributed by atoms with van der Waals surface area (Å²) >= 11 is 0. The van der Waals surface area contributed by atoms with Crippen molar-refractivity contribution in [2.75, 3.05) is 0 Å². The van der Waals surface area contributed by atoms with Gasteiger partial charge in [-0.05, 0) is 43.3 Å². The zero-order valence-electron chi connectivity index (χ0n) is 18.8. The number of rotatable bonds is 5. The van der Waals surface area contributed by atoms with Gasteiger partial charge in [-0.25, -0.2) is 17.4 Å². The van der Waals surface area contributed by atoms with Crippen molar-refractivity contribution in [3.63, 3.8) is 0 Å². The first kappa shape index (κ1) is 22.5. The summed E-state index contributed by atoms with van der Waals surface area (Å²) in [6.45, 7) is 1.87. The van der Waals surface area contributed by atoms with Gasteiger partial charge in [-0.1, -0.05) is 35.9 Å². The number of aryl methyl sites for hydroxylation is 2. The van der Waals surface area contributed by atoms with Crippen LogP contribution in [0.15, 0.2) is 95.0 Å². The van der Waals surface area contributed by atoms with Crippen molar-refractivity contribution in [3.8, 4) is 22.6 Å². The summed E-state index contributed by atoms with van der Waals surface area (Å²) in [5.74, 6) is 0.149. The van der Waals surface area contributed by atoms with Crippen LogP contribution in [0.4, 0.5) is 4.39 Å². The van der Waals surface area contributed by atoms with Gasteiger partial charge in [0.15, 0.2) is 0 Å². The number of nitrogens with zero attached hydrogens (tertiary/aromatic N) is 3. The second-order valence-electron chi connectivity index (χ2n) is 8.07. The third-order valence-electron chi connectivity index (χ3n) is 5.67. The van der Waals surface area contributed by atoms with Gasteiger partial charge in [0.25, 0.3) is 15.6 Å². The highest BCUT2D eigenvalue weighted by molar-refractivity contribution is 7.90. The Balaban J connectivity index is 1.70. The first-order valence-corrected chi connectivity index (χ1v) is 12.1. The molecule has 0 aliphatic rings. The van der Waals surface area contributed by atoms with Crippen molar-refractivity contribution < 1.29 is 17.5 Å². The number of para-hydroxylation sites is 1. The molecular weight excluding hydrogens is 469 g/mol. The normalized spacial score (nSPS) is 11.6. The van der Waals surface area contributed by atoms with Gasteiger partial charge >= 0.3 is 0 Å². The van der Waals surface area contributed by atoms with Gasteiger partial charge in [-0.3, -0.25) is 4.79 Å². The van der Waals surface area contributed by atoms with Gasteiger partial charge in [0.2, 0.25) is 5.95 Å². The number of benzene rings is 2. The standard InChI is InChI=1S/C26H20FN3O4S/c1-17-7-10-19(11-8-17)35(32,33)30-14-13-21-22(16-29(2)26(31)25(21)30)20-5-3-4-6-23(20)34-18-9-12-24(27)28-15-18/h3-16H,1-2H3. The van der Waals surface area contributed by atoms with E-state index in [1.165, 1.54) is 41.2 Å². The highest BCUT2D eigenvalue weighted by atomic mass is 32.2. The second kappa shape index (κ2) is 8.52. The van der Waals surface area contributed by atoms with Crippen molar-refractivity contribution in [2.24, 2.45) is 7.05 Å². The minimum atomic E-state index is -4.01. The van der Waals surface area contributed by atoms with E-state index < -0.39 is 21.5 Å². The summed E-state index contributed by atoms with van der Waals surface area (Å²) in [5, 5.41) is 0.456. The molecule has 176 valence electrons. The summed E-state index contributed by atoms with van der Waals surface area (Å²) < 4.78 is 48.4. The number of hydrogen-bond donors (Lipinski definition) is 0. The fourth-order valence-corrected chi connectivity index (χ4v) is 5.24. The van der Waals surface area contributed by atoms with Crippen molar-refractivity contribution in [2.45, 2.75) is 11.8 Å². The molecule has 2 aromatic carbocycles. The molecule has 0 amide bonds. The van der Waals surface area contributed by atoms with E-state index in [4.69, 9.17) is 4.74 Å². The molecule has 7 nitrogen and oxygen atoms in total. The molecule has 0 N–H and O–H groups in total. The molecule has 0 aliphatic carbocycles. The number of aromatic nitrogens is 3. The summed E-state index contributed by atoms with van der Waals surface area (Å²) in [7, 11) is -2.45. The van der Waals surface area contributed by atoms with E-state index in [0.29, 0.717) is 28.0 Å². The van der Waals surface area contributed by atoms with Crippen LogP contribution >= 0.6 is 0 Å². The molecule has 5 aromatic rings. The summed E-state index contributed by atoms with van der Waals surface area (Å²) in [5.41, 5.74) is 1.73. The van der Waals surface area contributed by atoms with Crippen LogP contribution in [0.25, 0.3) is 22.0 Å². The molecule has 0 aliphatic heterocycles. The van der Waals surface area contributed by atoms with Gasteiger partial charge in [0.05, 0.1) is 11.1 Å². The van der Waals surface area contributed by atoms with E-state index in [1.807, 2.05) is 13.0 Å². The van der Waals surface area contributed by atoms with Crippen molar-refractivity contribution in [3.05, 3.63) is 107 Å². The first-order chi connectivity index (χ1) is 16.8. The monoisotopic (exact) mass is 489 g/mol. The Kier molecular flexibility index (Phi) is 5.49. The summed E-state index contributed by atoms with van der Waals surface area (Å²) in [4.78, 5) is 16.8. The summed E-state index contributed by atoms with van der Waals surface area (Å²) in [6.07, 6.45) is 4.30. The highest BCUT2D eigenvalue weighted by Crippen LogP contribution is 2.37. The quantitative estimate of drug-likeness (QED) is 0.329. The Hall–Kier alpha value is -4.24. The van der Waals surface area contributed by atoms with Crippen LogP contribution in [0.5, 0.6) is 11.5 Å². The molecule has 0 unspecified atom stereocenters. The Bertz CT molecular complexity index is 1720. The maximum atomic E-state index is 13.4. The van der Waals surface area contributed by atoms with E-state index >= 15 is 0 Å². The smallest absolute Gasteiger partial charge is 0.275 e. The van der Waals surface area contributed by atoms with Gasteiger partial charge in [0.1, 0.15) is 17.0 Å². The number of pyridine rings is 2. The van der Waals surface area contributed by atoms with Crippen molar-refractivity contribution in [1.29, 1.82) is 0 Å². The molecule has 0 bridgehead atoms. The molecule has 9 heteroatoms. The zero-order chi connectivity index (χ0) is 24.7. The summed E-state index contributed by atoms with van der Waals surface area (Å²) in [6, 6.07) is 17.8. The van der Waals surface area contributed by atoms with Gasteiger partial charge < -0.3 is 9.30 Å². The van der Waals surface area contributed by atoms with Crippen LogP contribution in [-0.4, -0.2) is 21.9 Å². The van der Waals surface area contributed by atoms with E-state index in [-0.39, 0.29) is 10.4 Å². The average Bonchev–Trinajstić information content (AvgIpc) is 3.30. The lowest BCUT2D eigenvalue weighted by atomic mass is 10.0. The second-order valence-corrected chi connectivity index (χ2v) is 9.88. The lowest BCUT2D eigenvalue weighted by Crippen LogP contribution is -2.22. The van der Waals surface area contributed by atoms with E-state index in [9.17, 15) is 17.6 Å². The lowest BCUT2D eigenvalue weighted by Gasteiger charge is -2.14. The van der Waals surface area contributed by atoms with Crippen LogP contribution in [0, 0.1) is 12.9 Å². The third kappa shape index (κ3) is 4.00. The Morgan fingerprint density at radius 1 is 0.943 bits per heavy atom. The average molecular weight is 490 g/mol. The molecule has 0 fully saturated rings. The first-order valence-electron chi connectivity index (χ1n) is 10.7. The van der Waals surface area contributed by atoms with Crippen LogP contribution < -0.4 is 10.3 Å². The molecule has 3 heterocycles. The molecule has 0 saturated carbocycles. The Labute approximate surface area is 200 Å². The van der Waals surface area contributed by atoms with Crippen LogP contribution in [0.3, 0.4) is 0 Å². The predicted octanol–water partition coefficient (Wildman–Crippen LogP) is 4.88. The predicted molar refractivity (Wildman–Crippen MR) is 131 cm³/mol. The number of halogens is 1. The lowest BCUT2D eigenvalue weighted by molar-refractivity contribution is 0.476. The number of hydrogen-bond acceptors (Lipinski definition) is 5. The Morgan fingerprint density at radius 2 is 1.69 bits per heavy atom. The van der Waals surface area contributed by atoms with E-state index in [1.54, 1.807) is 49.6 Å². The zero-order valence-corrected chi connectivity index (χ0v) is 19.7. The molecule has 3 aromatic heterocycles. The molecule has 0 radical (unpaired) electrons. The van der Waals surface area contributed by atoms with Gasteiger partial charge in [-0.2, -0.15) is 4.39 Å². The highest BCUT2D eigenvalue weighted by Gasteiger charge is 2.23. The minimum Gasteiger partial charge on any atom is -0.455 e. The van der Waals surface area contributed by atoms with Crippen LogP contribution in [-0.2, 0) is 17.1 Å². The fraction of sp³-hybridized carbons (Fsp3) is 0.0769. The van der Waals surface area contributed by atoms with Crippen molar-refractivity contribution >= 4 is 20.9 Å². The molecular formula is C26H20FN3O4S. The van der Waals surface area contributed by atoms with Crippen LogP contribution in [0.1, 0.15) is 5.56 Å². The maximum absolute atomic E-state index is 13.4. The number of ether oxygens (including phenoxy) is 1. The molecule has 0 saturated heterocycles. The van der Waals surface area contributed by atoms with Gasteiger partial charge in [-0.15, -0.1) is 0 Å². The van der Waals surface area contributed by atoms with Crippen molar-refractivity contribution in [1.82, 2.24) is 13.5 Å². The van der Waals surface area contributed by atoms with E-state index in [0.717, 1.165) is 9.54 Å². The van der Waals surface area contributed by atoms with Crippen LogP contribution in [0.2, 0.25) is 0 Å².